The molecule has 2 aliphatic carbocycles. The highest BCUT2D eigenvalue weighted by molar-refractivity contribution is 7.91. The Hall–Kier alpha value is -5.23. The first kappa shape index (κ1) is 35.8. The number of nitrogens with zero attached hydrogens (tertiary/aromatic N) is 4. The summed E-state index contributed by atoms with van der Waals surface area (Å²) >= 11 is 0. The number of pyridine rings is 2. The van der Waals surface area contributed by atoms with Crippen molar-refractivity contribution in [3.05, 3.63) is 97.2 Å². The van der Waals surface area contributed by atoms with E-state index in [2.05, 4.69) is 15.2 Å². The number of carbonyl (C=O) groups is 1. The molecule has 8 rings (SSSR count). The average Bonchev–Trinajstić information content (AvgIpc) is 3.68. The third kappa shape index (κ3) is 6.19. The van der Waals surface area contributed by atoms with Gasteiger partial charge in [-0.1, -0.05) is 30.4 Å². The summed E-state index contributed by atoms with van der Waals surface area (Å²) < 4.78 is 56.1. The Morgan fingerprint density at radius 2 is 1.85 bits per heavy atom. The largest absolute Gasteiger partial charge is 0.494 e. The fourth-order valence-electron chi connectivity index (χ4n) is 7.87. The Labute approximate surface area is 314 Å². The van der Waals surface area contributed by atoms with Crippen LogP contribution in [0.5, 0.6) is 5.75 Å². The van der Waals surface area contributed by atoms with E-state index in [-0.39, 0.29) is 11.5 Å². The summed E-state index contributed by atoms with van der Waals surface area (Å²) in [4.78, 5) is 24.6. The van der Waals surface area contributed by atoms with E-state index >= 15 is 4.39 Å². The minimum Gasteiger partial charge on any atom is -0.494 e. The van der Waals surface area contributed by atoms with Crippen molar-refractivity contribution in [3.63, 3.8) is 0 Å². The quantitative estimate of drug-likeness (QED) is 0.168. The van der Waals surface area contributed by atoms with Crippen LogP contribution in [0, 0.1) is 11.2 Å². The van der Waals surface area contributed by atoms with Crippen LogP contribution >= 0.6 is 0 Å². The molecule has 2 aromatic carbocycles. The first-order valence-corrected chi connectivity index (χ1v) is 19.8. The van der Waals surface area contributed by atoms with Gasteiger partial charge in [0.2, 0.25) is 10.0 Å². The van der Waals surface area contributed by atoms with E-state index in [1.54, 1.807) is 55.9 Å². The molecule has 1 spiro atoms. The first-order chi connectivity index (χ1) is 25.7. The molecule has 3 aliphatic rings. The topological polar surface area (TPSA) is 116 Å². The van der Waals surface area contributed by atoms with Crippen LogP contribution in [0.3, 0.4) is 0 Å². The Balaban J connectivity index is 1.30. The van der Waals surface area contributed by atoms with Gasteiger partial charge < -0.3 is 19.7 Å². The van der Waals surface area contributed by atoms with E-state index < -0.39 is 32.3 Å². The highest BCUT2D eigenvalue weighted by Gasteiger charge is 2.56. The zero-order valence-electron chi connectivity index (χ0n) is 31.1. The molecule has 1 saturated carbocycles. The number of halogens is 1. The monoisotopic (exact) mass is 749 g/mol. The zero-order chi connectivity index (χ0) is 38.0. The maximum atomic E-state index is 15.9. The molecule has 2 fully saturated rings. The molecule has 1 unspecified atom stereocenters. The first-order valence-electron chi connectivity index (χ1n) is 18.4. The van der Waals surface area contributed by atoms with Gasteiger partial charge >= 0.3 is 6.09 Å². The highest BCUT2D eigenvalue weighted by Crippen LogP contribution is 2.55. The smallest absolute Gasteiger partial charge is 0.407 e. The molecule has 1 N–H and O–H groups in total. The number of anilines is 1. The fourth-order valence-corrected chi connectivity index (χ4v) is 9.50. The lowest BCUT2D eigenvalue weighted by Crippen LogP contribution is -2.44. The maximum absolute atomic E-state index is 15.9. The van der Waals surface area contributed by atoms with E-state index in [0.717, 1.165) is 29.5 Å². The lowest BCUT2D eigenvalue weighted by molar-refractivity contribution is 0.0493. The van der Waals surface area contributed by atoms with Crippen LogP contribution in [-0.4, -0.2) is 64.5 Å². The van der Waals surface area contributed by atoms with E-state index in [1.165, 1.54) is 10.0 Å². The second kappa shape index (κ2) is 13.0. The van der Waals surface area contributed by atoms with Gasteiger partial charge in [0.1, 0.15) is 21.9 Å². The number of aromatic nitrogens is 3. The molecule has 12 heteroatoms. The lowest BCUT2D eigenvalue weighted by atomic mass is 9.97. The molecule has 5 aromatic rings. The molecule has 280 valence electrons. The molecule has 3 aromatic heterocycles. The van der Waals surface area contributed by atoms with Crippen molar-refractivity contribution in [3.8, 4) is 28.0 Å². The van der Waals surface area contributed by atoms with Crippen molar-refractivity contribution >= 4 is 43.7 Å². The predicted octanol–water partition coefficient (Wildman–Crippen LogP) is 8.40. The second-order valence-electron chi connectivity index (χ2n) is 15.8. The number of ether oxygens (including phenoxy) is 2. The molecule has 54 heavy (non-hydrogen) atoms. The number of hydrogen-bond acceptors (Lipinski definition) is 8. The van der Waals surface area contributed by atoms with Crippen molar-refractivity contribution < 1.29 is 27.1 Å². The Morgan fingerprint density at radius 3 is 2.57 bits per heavy atom. The van der Waals surface area contributed by atoms with Crippen LogP contribution in [0.4, 0.5) is 14.9 Å². The van der Waals surface area contributed by atoms with Gasteiger partial charge in [-0.2, -0.15) is 0 Å². The van der Waals surface area contributed by atoms with Crippen molar-refractivity contribution in [1.82, 2.24) is 19.3 Å². The summed E-state index contributed by atoms with van der Waals surface area (Å²) in [5.74, 6) is 0.122. The summed E-state index contributed by atoms with van der Waals surface area (Å²) in [5.41, 5.74) is 3.38. The number of nitrogens with one attached hydrogen (secondary N) is 1. The van der Waals surface area contributed by atoms with Crippen LogP contribution in [0.25, 0.3) is 44.2 Å². The van der Waals surface area contributed by atoms with E-state index in [0.29, 0.717) is 65.1 Å². The Kier molecular flexibility index (Phi) is 8.59. The van der Waals surface area contributed by atoms with Gasteiger partial charge in [-0.3, -0.25) is 4.98 Å². The molecule has 2 atom stereocenters. The van der Waals surface area contributed by atoms with Crippen LogP contribution in [0.15, 0.2) is 91.4 Å². The van der Waals surface area contributed by atoms with E-state index in [1.807, 2.05) is 64.1 Å². The summed E-state index contributed by atoms with van der Waals surface area (Å²) in [6.45, 7) is 10.7. The van der Waals surface area contributed by atoms with Crippen LogP contribution in [-0.2, 0) is 14.8 Å². The summed E-state index contributed by atoms with van der Waals surface area (Å²) in [6.07, 6.45) is 13.9. The average molecular weight is 750 g/mol. The van der Waals surface area contributed by atoms with Gasteiger partial charge in [-0.15, -0.1) is 0 Å². The number of rotatable bonds is 8. The van der Waals surface area contributed by atoms with Crippen LogP contribution in [0.1, 0.15) is 53.9 Å². The van der Waals surface area contributed by atoms with Crippen molar-refractivity contribution in [2.45, 2.75) is 70.3 Å². The summed E-state index contributed by atoms with van der Waals surface area (Å²) in [6, 6.07) is 14.0. The molecule has 10 nitrogen and oxygen atoms in total. The van der Waals surface area contributed by atoms with Gasteiger partial charge in [0, 0.05) is 64.6 Å². The summed E-state index contributed by atoms with van der Waals surface area (Å²) in [7, 11) is -3.93. The molecule has 1 aliphatic heterocycles. The van der Waals surface area contributed by atoms with Crippen molar-refractivity contribution in [1.29, 1.82) is 0 Å². The third-order valence-electron chi connectivity index (χ3n) is 10.8. The van der Waals surface area contributed by atoms with Crippen LogP contribution in [0.2, 0.25) is 0 Å². The number of amides is 1. The minimum absolute atomic E-state index is 0.153. The maximum Gasteiger partial charge on any atom is 0.407 e. The molecule has 0 radical (unpaired) electrons. The fraction of sp³-hybridized carbons (Fsp3) is 0.357. The second-order valence-corrected chi connectivity index (χ2v) is 18.1. The Bertz CT molecular complexity index is 2480. The number of alkyl carbamates (subject to hydrolysis) is 1. The number of fused-ring (bicyclic) bond motifs is 2. The molecule has 4 heterocycles. The number of carbonyl (C=O) groups excluding carboxylic acids is 1. The minimum atomic E-state index is -3.93. The molecule has 1 saturated heterocycles. The molecular weight excluding hydrogens is 706 g/mol. The van der Waals surface area contributed by atoms with Crippen molar-refractivity contribution in [2.24, 2.45) is 5.41 Å². The number of hydrogen-bond donors (Lipinski definition) is 1. The Morgan fingerprint density at radius 1 is 1.04 bits per heavy atom. The standard InChI is InChI=1S/C42H44FN5O5S/c1-6-52-28-13-14-34(43)30(22-28)32-23-45-35-15-12-27(21-31(35)37(32)47-25-36(42(26-47)18-19-42)46-39(49)53-40(2,3)4)33-24-48(38-29(33)11-10-20-44-38)54(50,51)41(5)16-8-7-9-17-41/h7-16,20-24,36H,6,17-19,25-26H2,1-5H3,(H,46,49)/t36-,41?/m1/s1. The highest BCUT2D eigenvalue weighted by atomic mass is 32.2. The normalized spacial score (nSPS) is 20.6. The van der Waals surface area contributed by atoms with Gasteiger partial charge in [0.25, 0.3) is 0 Å². The van der Waals surface area contributed by atoms with Gasteiger partial charge in [0.15, 0.2) is 5.65 Å². The summed E-state index contributed by atoms with van der Waals surface area (Å²) in [5, 5.41) is 4.59. The van der Waals surface area contributed by atoms with Gasteiger partial charge in [-0.25, -0.2) is 26.6 Å². The van der Waals surface area contributed by atoms with E-state index in [4.69, 9.17) is 14.5 Å². The third-order valence-corrected chi connectivity index (χ3v) is 13.1. The zero-order valence-corrected chi connectivity index (χ0v) is 31.9. The van der Waals surface area contributed by atoms with Gasteiger partial charge in [-0.05, 0) is 102 Å². The van der Waals surface area contributed by atoms with E-state index in [9.17, 15) is 13.2 Å². The lowest BCUT2D eigenvalue weighted by Gasteiger charge is -2.26. The molecule has 1 amide bonds. The predicted molar refractivity (Wildman–Crippen MR) is 210 cm³/mol. The SMILES string of the molecule is CCOc1ccc(F)c(-c2cnc3ccc(-c4cn(S(=O)(=O)C5(C)C=CC=CC5)c5ncccc45)cc3c2N2C[C@@H](NC(=O)OC(C)(C)C)C3(CC3)C2)c1. The van der Waals surface area contributed by atoms with Gasteiger partial charge in [0.05, 0.1) is 23.9 Å². The number of benzene rings is 2. The number of allylic oxidation sites excluding steroid dienone is 3. The van der Waals surface area contributed by atoms with Crippen LogP contribution < -0.4 is 15.0 Å². The molecular formula is C42H44FN5O5S. The van der Waals surface area contributed by atoms with Crippen molar-refractivity contribution in [2.75, 3.05) is 24.6 Å². The molecule has 0 bridgehead atoms.